The zero-order valence-corrected chi connectivity index (χ0v) is 19.5. The van der Waals surface area contributed by atoms with Gasteiger partial charge in [-0.2, -0.15) is 0 Å². The number of ether oxygens (including phenoxy) is 1. The fourth-order valence-corrected chi connectivity index (χ4v) is 6.00. The summed E-state index contributed by atoms with van der Waals surface area (Å²) < 4.78 is 5.94. The Hall–Kier alpha value is -3.93. The Kier molecular flexibility index (Phi) is 5.17. The second kappa shape index (κ2) is 8.38. The van der Waals surface area contributed by atoms with Gasteiger partial charge in [-0.1, -0.05) is 66.7 Å². The maximum atomic E-state index is 13.3. The van der Waals surface area contributed by atoms with Crippen LogP contribution in [0, 0.1) is 17.0 Å². The van der Waals surface area contributed by atoms with Gasteiger partial charge in [0.15, 0.2) is 0 Å². The minimum atomic E-state index is -0.334. The van der Waals surface area contributed by atoms with Crippen molar-refractivity contribution in [3.63, 3.8) is 0 Å². The topological polar surface area (TPSA) is 72.7 Å². The highest BCUT2D eigenvalue weighted by Gasteiger charge is 2.41. The van der Waals surface area contributed by atoms with Crippen LogP contribution >= 0.6 is 0 Å². The number of aryl methyl sites for hydroxylation is 1. The van der Waals surface area contributed by atoms with E-state index in [2.05, 4.69) is 30.3 Å². The molecule has 6 nitrogen and oxygen atoms in total. The minimum Gasteiger partial charge on any atom is -0.448 e. The Bertz CT molecular complexity index is 1330. The van der Waals surface area contributed by atoms with Crippen molar-refractivity contribution < 1.29 is 14.5 Å². The molecule has 3 aromatic carbocycles. The fourth-order valence-electron chi connectivity index (χ4n) is 6.00. The van der Waals surface area contributed by atoms with Crippen molar-refractivity contribution in [1.82, 2.24) is 4.90 Å². The molecule has 2 bridgehead atoms. The lowest BCUT2D eigenvalue weighted by Crippen LogP contribution is -2.43. The molecule has 6 heteroatoms. The number of benzene rings is 3. The summed E-state index contributed by atoms with van der Waals surface area (Å²) in [5, 5.41) is 11.4. The van der Waals surface area contributed by atoms with Gasteiger partial charge in [-0.3, -0.25) is 15.0 Å². The molecular weight excluding hydrogens is 440 g/mol. The van der Waals surface area contributed by atoms with Crippen LogP contribution in [-0.2, 0) is 4.74 Å². The van der Waals surface area contributed by atoms with Gasteiger partial charge in [0, 0.05) is 23.6 Å². The van der Waals surface area contributed by atoms with Crippen LogP contribution in [0.15, 0.2) is 72.8 Å². The molecule has 6 rings (SSSR count). The highest BCUT2D eigenvalue weighted by molar-refractivity contribution is 5.79. The molecule has 1 aliphatic carbocycles. The van der Waals surface area contributed by atoms with Crippen molar-refractivity contribution in [3.8, 4) is 11.1 Å². The summed E-state index contributed by atoms with van der Waals surface area (Å²) >= 11 is 0. The zero-order chi connectivity index (χ0) is 24.1. The molecule has 1 amide bonds. The molecule has 35 heavy (non-hydrogen) atoms. The van der Waals surface area contributed by atoms with Crippen molar-refractivity contribution in [3.05, 3.63) is 105 Å². The predicted octanol–water partition coefficient (Wildman–Crippen LogP) is 6.47. The van der Waals surface area contributed by atoms with Crippen molar-refractivity contribution in [2.75, 3.05) is 6.61 Å². The molecule has 2 heterocycles. The third-order valence-electron chi connectivity index (χ3n) is 7.72. The summed E-state index contributed by atoms with van der Waals surface area (Å²) in [5.41, 5.74) is 7.55. The monoisotopic (exact) mass is 466 g/mol. The first kappa shape index (κ1) is 21.6. The molecule has 0 spiro atoms. The Morgan fingerprint density at radius 1 is 1.03 bits per heavy atom. The summed E-state index contributed by atoms with van der Waals surface area (Å²) in [6.45, 7) is 2.06. The smallest absolute Gasteiger partial charge is 0.410 e. The van der Waals surface area contributed by atoms with E-state index in [9.17, 15) is 14.9 Å². The fraction of sp³-hybridized carbons (Fsp3) is 0.276. The molecule has 1 saturated heterocycles. The normalized spacial score (nSPS) is 20.3. The average Bonchev–Trinajstić information content (AvgIpc) is 3.33. The van der Waals surface area contributed by atoms with E-state index in [1.807, 2.05) is 35.2 Å². The third kappa shape index (κ3) is 3.60. The molecule has 1 fully saturated rings. The van der Waals surface area contributed by atoms with Gasteiger partial charge in [0.25, 0.3) is 5.69 Å². The van der Waals surface area contributed by atoms with E-state index < -0.39 is 0 Å². The van der Waals surface area contributed by atoms with Crippen LogP contribution in [0.3, 0.4) is 0 Å². The molecule has 2 atom stereocenters. The number of amides is 1. The number of carbonyl (C=O) groups excluding carboxylic acids is 1. The van der Waals surface area contributed by atoms with Gasteiger partial charge < -0.3 is 4.74 Å². The SMILES string of the molecule is Cc1ccc(C2=CC3CCC(C2)N3C(=O)OCC2c3ccccc3-c3ccccc32)cc1[N+](=O)[O-]. The highest BCUT2D eigenvalue weighted by Crippen LogP contribution is 2.45. The largest absolute Gasteiger partial charge is 0.448 e. The molecule has 176 valence electrons. The van der Waals surface area contributed by atoms with Crippen molar-refractivity contribution in [2.45, 2.75) is 44.2 Å². The van der Waals surface area contributed by atoms with E-state index in [1.54, 1.807) is 19.1 Å². The Morgan fingerprint density at radius 2 is 1.71 bits per heavy atom. The lowest BCUT2D eigenvalue weighted by molar-refractivity contribution is -0.385. The number of fused-ring (bicyclic) bond motifs is 5. The van der Waals surface area contributed by atoms with Gasteiger partial charge >= 0.3 is 6.09 Å². The summed E-state index contributed by atoms with van der Waals surface area (Å²) in [5.74, 6) is 0.0352. The van der Waals surface area contributed by atoms with Gasteiger partial charge in [0.1, 0.15) is 6.61 Å². The lowest BCUT2D eigenvalue weighted by atomic mass is 9.94. The first-order valence-electron chi connectivity index (χ1n) is 12.1. The number of nitrogens with zero attached hydrogens (tertiary/aromatic N) is 2. The molecule has 2 unspecified atom stereocenters. The summed E-state index contributed by atoms with van der Waals surface area (Å²) in [4.78, 5) is 26.2. The Labute approximate surface area is 204 Å². The van der Waals surface area contributed by atoms with Gasteiger partial charge in [-0.05, 0) is 59.6 Å². The van der Waals surface area contributed by atoms with Gasteiger partial charge in [-0.25, -0.2) is 4.79 Å². The van der Waals surface area contributed by atoms with Gasteiger partial charge in [-0.15, -0.1) is 0 Å². The van der Waals surface area contributed by atoms with E-state index in [0.717, 1.165) is 24.0 Å². The van der Waals surface area contributed by atoms with Crippen molar-refractivity contribution in [2.24, 2.45) is 0 Å². The second-order valence-corrected chi connectivity index (χ2v) is 9.66. The number of hydrogen-bond acceptors (Lipinski definition) is 4. The van der Waals surface area contributed by atoms with Crippen LogP contribution < -0.4 is 0 Å². The highest BCUT2D eigenvalue weighted by atomic mass is 16.6. The third-order valence-corrected chi connectivity index (χ3v) is 7.72. The molecule has 0 radical (unpaired) electrons. The van der Waals surface area contributed by atoms with E-state index >= 15 is 0 Å². The molecule has 3 aliphatic rings. The van der Waals surface area contributed by atoms with Crippen LogP contribution in [-0.4, -0.2) is 34.6 Å². The van der Waals surface area contributed by atoms with Crippen molar-refractivity contribution >= 4 is 17.4 Å². The Balaban J connectivity index is 1.20. The number of carbonyl (C=O) groups is 1. The lowest BCUT2D eigenvalue weighted by Gasteiger charge is -2.33. The molecule has 0 aromatic heterocycles. The molecule has 3 aromatic rings. The van der Waals surface area contributed by atoms with Crippen LogP contribution in [0.5, 0.6) is 0 Å². The number of hydrogen-bond donors (Lipinski definition) is 0. The maximum Gasteiger partial charge on any atom is 0.410 e. The average molecular weight is 467 g/mol. The predicted molar refractivity (Wildman–Crippen MR) is 134 cm³/mol. The summed E-state index contributed by atoms with van der Waals surface area (Å²) in [6.07, 6.45) is 4.29. The van der Waals surface area contributed by atoms with E-state index in [0.29, 0.717) is 18.6 Å². The van der Waals surface area contributed by atoms with E-state index in [1.165, 1.54) is 22.3 Å². The summed E-state index contributed by atoms with van der Waals surface area (Å²) in [6, 6.07) is 22.1. The van der Waals surface area contributed by atoms with Crippen LogP contribution in [0.1, 0.15) is 47.4 Å². The van der Waals surface area contributed by atoms with Crippen LogP contribution in [0.4, 0.5) is 10.5 Å². The number of nitro groups is 1. The van der Waals surface area contributed by atoms with E-state index in [-0.39, 0.29) is 34.7 Å². The maximum absolute atomic E-state index is 13.3. The number of nitro benzene ring substituents is 1. The quantitative estimate of drug-likeness (QED) is 0.326. The number of rotatable bonds is 4. The molecule has 0 saturated carbocycles. The molecule has 2 aliphatic heterocycles. The molecular formula is C29H26N2O4. The zero-order valence-electron chi connectivity index (χ0n) is 19.5. The first-order valence-corrected chi connectivity index (χ1v) is 12.1. The first-order chi connectivity index (χ1) is 17.0. The minimum absolute atomic E-state index is 0.0352. The molecule has 0 N–H and O–H groups in total. The van der Waals surface area contributed by atoms with Crippen molar-refractivity contribution in [1.29, 1.82) is 0 Å². The van der Waals surface area contributed by atoms with Gasteiger partial charge in [0.05, 0.1) is 11.0 Å². The summed E-state index contributed by atoms with van der Waals surface area (Å²) in [7, 11) is 0. The standard InChI is InChI=1S/C29H26N2O4/c1-18-10-11-19(16-28(18)31(33)34)20-14-21-12-13-22(15-20)30(21)29(32)35-17-27-25-8-4-2-6-23(25)24-7-3-5-9-26(24)27/h2-11,14,16,21-22,27H,12-13,15,17H2,1H3. The van der Waals surface area contributed by atoms with E-state index in [4.69, 9.17) is 4.74 Å². The Morgan fingerprint density at radius 3 is 2.37 bits per heavy atom. The van der Waals surface area contributed by atoms with Crippen LogP contribution in [0.25, 0.3) is 16.7 Å². The van der Waals surface area contributed by atoms with Gasteiger partial charge in [0.2, 0.25) is 0 Å². The second-order valence-electron chi connectivity index (χ2n) is 9.66. The van der Waals surface area contributed by atoms with Crippen LogP contribution in [0.2, 0.25) is 0 Å².